The number of benzene rings is 1. The second kappa shape index (κ2) is 7.71. The van der Waals surface area contributed by atoms with Gasteiger partial charge in [-0.25, -0.2) is 0 Å². The first kappa shape index (κ1) is 18.6. The molecule has 1 aliphatic rings. The Labute approximate surface area is 166 Å². The van der Waals surface area contributed by atoms with E-state index in [2.05, 4.69) is 15.6 Å². The molecular weight excluding hydrogens is 376 g/mol. The number of anilines is 1. The van der Waals surface area contributed by atoms with Crippen LogP contribution in [0.25, 0.3) is 10.2 Å². The normalized spacial score (nSPS) is 14.5. The smallest absolute Gasteiger partial charge is 0.279 e. The molecule has 1 N–H and O–H groups in total. The lowest BCUT2D eigenvalue weighted by molar-refractivity contribution is -0.119. The molecule has 0 spiro atoms. The molecule has 1 aromatic carbocycles. The summed E-state index contributed by atoms with van der Waals surface area (Å²) in [5, 5.41) is 11.7. The van der Waals surface area contributed by atoms with Crippen molar-refractivity contribution in [3.8, 4) is 5.75 Å². The minimum Gasteiger partial charge on any atom is -0.492 e. The van der Waals surface area contributed by atoms with Crippen LogP contribution in [0.1, 0.15) is 43.2 Å². The SMILES string of the molecule is CCOc1ccccc1NC(=O)[C@H](C)n1nnc2sc3c(c2c1=O)CCCC3. The monoisotopic (exact) mass is 398 g/mol. The number of aromatic nitrogens is 3. The maximum absolute atomic E-state index is 13.1. The van der Waals surface area contributed by atoms with E-state index < -0.39 is 6.04 Å². The fourth-order valence-electron chi connectivity index (χ4n) is 3.54. The molecule has 0 aliphatic heterocycles. The predicted octanol–water partition coefficient (Wildman–Crippen LogP) is 3.33. The fraction of sp³-hybridized carbons (Fsp3) is 0.400. The highest BCUT2D eigenvalue weighted by atomic mass is 32.1. The number of carbonyl (C=O) groups excluding carboxylic acids is 1. The Bertz CT molecular complexity index is 1090. The van der Waals surface area contributed by atoms with Crippen LogP contribution in [0.5, 0.6) is 5.75 Å². The van der Waals surface area contributed by atoms with Gasteiger partial charge in [0.25, 0.3) is 5.56 Å². The highest BCUT2D eigenvalue weighted by Gasteiger charge is 2.24. The van der Waals surface area contributed by atoms with E-state index >= 15 is 0 Å². The molecule has 0 radical (unpaired) electrons. The number of rotatable bonds is 5. The Morgan fingerprint density at radius 2 is 2.11 bits per heavy atom. The lowest BCUT2D eigenvalue weighted by Crippen LogP contribution is -2.34. The predicted molar refractivity (Wildman–Crippen MR) is 109 cm³/mol. The zero-order chi connectivity index (χ0) is 19.7. The van der Waals surface area contributed by atoms with Crippen molar-refractivity contribution >= 4 is 33.1 Å². The highest BCUT2D eigenvalue weighted by molar-refractivity contribution is 7.18. The van der Waals surface area contributed by atoms with Crippen molar-refractivity contribution in [2.24, 2.45) is 0 Å². The van der Waals surface area contributed by atoms with Crippen LogP contribution in [-0.2, 0) is 17.6 Å². The van der Waals surface area contributed by atoms with E-state index in [-0.39, 0.29) is 11.5 Å². The molecule has 0 fully saturated rings. The number of fused-ring (bicyclic) bond motifs is 3. The first-order valence-corrected chi connectivity index (χ1v) is 10.3. The van der Waals surface area contributed by atoms with Gasteiger partial charge < -0.3 is 10.1 Å². The van der Waals surface area contributed by atoms with E-state index in [1.54, 1.807) is 30.4 Å². The number of ether oxygens (including phenoxy) is 1. The van der Waals surface area contributed by atoms with Crippen LogP contribution in [-0.4, -0.2) is 27.5 Å². The van der Waals surface area contributed by atoms with Crippen LogP contribution in [0.15, 0.2) is 29.1 Å². The summed E-state index contributed by atoms with van der Waals surface area (Å²) < 4.78 is 6.73. The zero-order valence-electron chi connectivity index (χ0n) is 15.9. The molecule has 0 saturated heterocycles. The molecule has 4 rings (SSSR count). The summed E-state index contributed by atoms with van der Waals surface area (Å²) in [6.45, 7) is 4.03. The van der Waals surface area contributed by atoms with Gasteiger partial charge in [-0.2, -0.15) is 4.68 Å². The number of para-hydroxylation sites is 2. The lowest BCUT2D eigenvalue weighted by atomic mass is 9.97. The molecule has 1 aliphatic carbocycles. The molecule has 0 unspecified atom stereocenters. The molecule has 0 saturated carbocycles. The van der Waals surface area contributed by atoms with Crippen molar-refractivity contribution in [3.05, 3.63) is 45.1 Å². The number of hydrogen-bond acceptors (Lipinski definition) is 6. The molecule has 1 amide bonds. The Kier molecular flexibility index (Phi) is 5.13. The minimum absolute atomic E-state index is 0.245. The molecular formula is C20H22N4O3S. The molecule has 2 aromatic heterocycles. The summed E-state index contributed by atoms with van der Waals surface area (Å²) in [7, 11) is 0. The summed E-state index contributed by atoms with van der Waals surface area (Å²) in [6, 6.07) is 6.42. The molecule has 146 valence electrons. The topological polar surface area (TPSA) is 86.1 Å². The van der Waals surface area contributed by atoms with Gasteiger partial charge in [0, 0.05) is 4.88 Å². The van der Waals surface area contributed by atoms with Gasteiger partial charge in [0.1, 0.15) is 11.8 Å². The van der Waals surface area contributed by atoms with Gasteiger partial charge in [0.15, 0.2) is 4.83 Å². The summed E-state index contributed by atoms with van der Waals surface area (Å²) in [4.78, 5) is 27.8. The van der Waals surface area contributed by atoms with Crippen molar-refractivity contribution in [2.45, 2.75) is 45.6 Å². The number of carbonyl (C=O) groups is 1. The van der Waals surface area contributed by atoms with E-state index in [4.69, 9.17) is 4.74 Å². The van der Waals surface area contributed by atoms with Gasteiger partial charge in [-0.1, -0.05) is 17.3 Å². The Morgan fingerprint density at radius 3 is 2.93 bits per heavy atom. The van der Waals surface area contributed by atoms with Crippen molar-refractivity contribution in [3.63, 3.8) is 0 Å². The first-order valence-electron chi connectivity index (χ1n) is 9.52. The van der Waals surface area contributed by atoms with E-state index in [1.807, 2.05) is 19.1 Å². The number of hydrogen-bond donors (Lipinski definition) is 1. The van der Waals surface area contributed by atoms with Gasteiger partial charge in [-0.15, -0.1) is 16.4 Å². The van der Waals surface area contributed by atoms with Crippen LogP contribution in [0, 0.1) is 0 Å². The molecule has 2 heterocycles. The molecule has 3 aromatic rings. The van der Waals surface area contributed by atoms with Crippen molar-refractivity contribution < 1.29 is 9.53 Å². The lowest BCUT2D eigenvalue weighted by Gasteiger charge is -2.16. The number of thiophene rings is 1. The van der Waals surface area contributed by atoms with Crippen molar-refractivity contribution in [1.82, 2.24) is 15.0 Å². The summed E-state index contributed by atoms with van der Waals surface area (Å²) in [5.41, 5.74) is 1.41. The molecule has 28 heavy (non-hydrogen) atoms. The third-order valence-electron chi connectivity index (χ3n) is 5.00. The summed E-state index contributed by atoms with van der Waals surface area (Å²) in [6.07, 6.45) is 4.09. The van der Waals surface area contributed by atoms with Gasteiger partial charge in [0.2, 0.25) is 5.91 Å². The Hall–Kier alpha value is -2.74. The molecule has 1 atom stereocenters. The number of nitrogens with one attached hydrogen (secondary N) is 1. The second-order valence-electron chi connectivity index (χ2n) is 6.82. The van der Waals surface area contributed by atoms with Gasteiger partial charge in [0.05, 0.1) is 17.7 Å². The largest absolute Gasteiger partial charge is 0.492 e. The fourth-order valence-corrected chi connectivity index (χ4v) is 4.74. The van der Waals surface area contributed by atoms with Crippen molar-refractivity contribution in [1.29, 1.82) is 0 Å². The third-order valence-corrected chi connectivity index (χ3v) is 6.17. The Morgan fingerprint density at radius 1 is 1.32 bits per heavy atom. The quantitative estimate of drug-likeness (QED) is 0.712. The summed E-state index contributed by atoms with van der Waals surface area (Å²) >= 11 is 1.55. The van der Waals surface area contributed by atoms with Crippen LogP contribution in [0.2, 0.25) is 0 Å². The second-order valence-corrected chi connectivity index (χ2v) is 7.91. The van der Waals surface area contributed by atoms with Crippen LogP contribution >= 0.6 is 11.3 Å². The maximum Gasteiger partial charge on any atom is 0.279 e. The zero-order valence-corrected chi connectivity index (χ0v) is 16.7. The minimum atomic E-state index is -0.793. The average Bonchev–Trinajstić information content (AvgIpc) is 3.09. The first-order chi connectivity index (χ1) is 13.6. The Balaban J connectivity index is 1.65. The number of amides is 1. The van der Waals surface area contributed by atoms with Gasteiger partial charge in [-0.3, -0.25) is 9.59 Å². The average molecular weight is 398 g/mol. The van der Waals surface area contributed by atoms with E-state index in [0.29, 0.717) is 28.3 Å². The van der Waals surface area contributed by atoms with Crippen molar-refractivity contribution in [2.75, 3.05) is 11.9 Å². The van der Waals surface area contributed by atoms with E-state index in [9.17, 15) is 9.59 Å². The van der Waals surface area contributed by atoms with Gasteiger partial charge in [-0.05, 0) is 57.2 Å². The molecule has 0 bridgehead atoms. The van der Waals surface area contributed by atoms with E-state index in [1.165, 1.54) is 9.56 Å². The number of nitrogens with zero attached hydrogens (tertiary/aromatic N) is 3. The van der Waals surface area contributed by atoms with Gasteiger partial charge >= 0.3 is 0 Å². The third kappa shape index (κ3) is 3.28. The van der Waals surface area contributed by atoms with Crippen LogP contribution in [0.4, 0.5) is 5.69 Å². The van der Waals surface area contributed by atoms with Crippen LogP contribution < -0.4 is 15.6 Å². The van der Waals surface area contributed by atoms with E-state index in [0.717, 1.165) is 31.2 Å². The maximum atomic E-state index is 13.1. The molecule has 8 heteroatoms. The number of aryl methyl sites for hydroxylation is 2. The summed E-state index contributed by atoms with van der Waals surface area (Å²) in [5.74, 6) is 0.248. The molecule has 7 nitrogen and oxygen atoms in total. The van der Waals surface area contributed by atoms with Crippen LogP contribution in [0.3, 0.4) is 0 Å². The highest BCUT2D eigenvalue weighted by Crippen LogP contribution is 2.33. The standard InChI is InChI=1S/C20H22N4O3S/c1-3-27-15-10-6-5-9-14(15)21-18(25)12(2)24-20(26)17-13-8-4-7-11-16(13)28-19(17)22-23-24/h5-6,9-10,12H,3-4,7-8,11H2,1-2H3,(H,21,25)/t12-/m0/s1.